The van der Waals surface area contributed by atoms with Crippen LogP contribution in [0.2, 0.25) is 0 Å². The van der Waals surface area contributed by atoms with Crippen LogP contribution < -0.4 is 0 Å². The molecule has 0 aromatic heterocycles. The molecule has 0 aliphatic carbocycles. The molecule has 0 aromatic rings. The number of carboxylic acid groups (broad SMARTS) is 1. The average molecular weight is 228 g/mol. The first-order chi connectivity index (χ1) is 6.51. The fourth-order valence-corrected chi connectivity index (χ4v) is 0.300. The summed E-state index contributed by atoms with van der Waals surface area (Å²) in [5.74, 6) is -0.965. The van der Waals surface area contributed by atoms with Gasteiger partial charge in [0.15, 0.2) is 0 Å². The van der Waals surface area contributed by atoms with Gasteiger partial charge in [-0.05, 0) is 0 Å². The highest BCUT2D eigenvalue weighted by atomic mass is 32.1. The zero-order valence-electron chi connectivity index (χ0n) is 7.63. The van der Waals surface area contributed by atoms with Crippen molar-refractivity contribution >= 4 is 18.6 Å². The van der Waals surface area contributed by atoms with Gasteiger partial charge in [-0.2, -0.15) is 12.6 Å². The SMILES string of the molecule is O=C(O)CS.OCC(CO)(CO)CO. The quantitative estimate of drug-likeness (QED) is 0.301. The first kappa shape index (κ1) is 16.1. The molecule has 0 saturated carbocycles. The predicted octanol–water partition coefficient (Wildman–Crippen LogP) is -2.06. The van der Waals surface area contributed by atoms with E-state index in [1.165, 1.54) is 0 Å². The Hall–Kier alpha value is -0.340. The van der Waals surface area contributed by atoms with Crippen LogP contribution in [0, 0.1) is 5.41 Å². The van der Waals surface area contributed by atoms with Crippen molar-refractivity contribution in [3.8, 4) is 0 Å². The van der Waals surface area contributed by atoms with Crippen LogP contribution in [0.3, 0.4) is 0 Å². The third-order valence-electron chi connectivity index (χ3n) is 1.48. The Labute approximate surface area is 87.2 Å². The van der Waals surface area contributed by atoms with Crippen molar-refractivity contribution in [2.45, 2.75) is 0 Å². The van der Waals surface area contributed by atoms with Gasteiger partial charge in [-0.3, -0.25) is 4.79 Å². The zero-order chi connectivity index (χ0) is 11.6. The standard InChI is InChI=1S/C5H12O4.C2H4O2S/c6-1-5(2-7,3-8)4-9;3-2(4)1-5/h6-9H,1-4H2;5H,1H2,(H,3,4). The summed E-state index contributed by atoms with van der Waals surface area (Å²) in [5, 5.41) is 41.6. The third kappa shape index (κ3) is 7.10. The van der Waals surface area contributed by atoms with Crippen molar-refractivity contribution in [2.24, 2.45) is 5.41 Å². The number of thiol groups is 1. The van der Waals surface area contributed by atoms with Crippen LogP contribution in [0.15, 0.2) is 0 Å². The fraction of sp³-hybridized carbons (Fsp3) is 0.857. The van der Waals surface area contributed by atoms with E-state index in [0.717, 1.165) is 0 Å². The molecule has 6 nitrogen and oxygen atoms in total. The van der Waals surface area contributed by atoms with Gasteiger partial charge in [0.05, 0.1) is 37.6 Å². The minimum absolute atomic E-state index is 0.0833. The second-order valence-electron chi connectivity index (χ2n) is 2.68. The number of aliphatic hydroxyl groups excluding tert-OH is 4. The van der Waals surface area contributed by atoms with E-state index in [2.05, 4.69) is 12.6 Å². The van der Waals surface area contributed by atoms with Gasteiger partial charge in [-0.15, -0.1) is 0 Å². The van der Waals surface area contributed by atoms with E-state index in [9.17, 15) is 4.79 Å². The highest BCUT2D eigenvalue weighted by Gasteiger charge is 2.26. The van der Waals surface area contributed by atoms with Crippen LogP contribution in [0.4, 0.5) is 0 Å². The monoisotopic (exact) mass is 228 g/mol. The van der Waals surface area contributed by atoms with Gasteiger partial charge in [-0.25, -0.2) is 0 Å². The van der Waals surface area contributed by atoms with Crippen LogP contribution in [-0.2, 0) is 4.79 Å². The van der Waals surface area contributed by atoms with E-state index in [1.807, 2.05) is 0 Å². The third-order valence-corrected chi connectivity index (χ3v) is 1.75. The van der Waals surface area contributed by atoms with Crippen LogP contribution in [-0.4, -0.2) is 63.7 Å². The molecule has 86 valence electrons. The summed E-state index contributed by atoms with van der Waals surface area (Å²) in [6.07, 6.45) is 0. The predicted molar refractivity (Wildman–Crippen MR) is 52.3 cm³/mol. The van der Waals surface area contributed by atoms with E-state index in [-0.39, 0.29) is 5.75 Å². The van der Waals surface area contributed by atoms with Crippen LogP contribution >= 0.6 is 12.6 Å². The molecule has 0 aliphatic heterocycles. The van der Waals surface area contributed by atoms with Crippen molar-refractivity contribution in [1.29, 1.82) is 0 Å². The minimum Gasteiger partial charge on any atom is -0.481 e. The molecular formula is C7H16O6S. The molecule has 0 heterocycles. The Bertz CT molecular complexity index is 130. The van der Waals surface area contributed by atoms with E-state index < -0.39 is 37.8 Å². The van der Waals surface area contributed by atoms with E-state index in [0.29, 0.717) is 0 Å². The number of carboxylic acids is 1. The molecule has 0 atom stereocenters. The van der Waals surface area contributed by atoms with Crippen molar-refractivity contribution in [3.05, 3.63) is 0 Å². The zero-order valence-corrected chi connectivity index (χ0v) is 8.52. The summed E-state index contributed by atoms with van der Waals surface area (Å²) in [4.78, 5) is 9.29. The summed E-state index contributed by atoms with van der Waals surface area (Å²) >= 11 is 3.42. The molecule has 0 saturated heterocycles. The van der Waals surface area contributed by atoms with E-state index in [1.54, 1.807) is 0 Å². The molecule has 0 bridgehead atoms. The Morgan fingerprint density at radius 1 is 1.00 bits per heavy atom. The Balaban J connectivity index is 0. The lowest BCUT2D eigenvalue weighted by atomic mass is 9.93. The normalized spacial score (nSPS) is 10.4. The maximum absolute atomic E-state index is 9.29. The molecule has 0 aromatic carbocycles. The van der Waals surface area contributed by atoms with Crippen molar-refractivity contribution < 1.29 is 30.3 Å². The summed E-state index contributed by atoms with van der Waals surface area (Å²) in [7, 11) is 0. The lowest BCUT2D eigenvalue weighted by molar-refractivity contribution is -0.133. The molecule has 0 spiro atoms. The molecular weight excluding hydrogens is 212 g/mol. The van der Waals surface area contributed by atoms with Gasteiger partial charge in [0.1, 0.15) is 0 Å². The van der Waals surface area contributed by atoms with Gasteiger partial charge in [0.25, 0.3) is 0 Å². The highest BCUT2D eigenvalue weighted by molar-refractivity contribution is 7.81. The van der Waals surface area contributed by atoms with Crippen LogP contribution in [0.1, 0.15) is 0 Å². The number of aliphatic hydroxyl groups is 4. The lowest BCUT2D eigenvalue weighted by Crippen LogP contribution is -2.37. The summed E-state index contributed by atoms with van der Waals surface area (Å²) in [6, 6.07) is 0. The second kappa shape index (κ2) is 9.22. The highest BCUT2D eigenvalue weighted by Crippen LogP contribution is 2.11. The largest absolute Gasteiger partial charge is 0.481 e. The number of aliphatic carboxylic acids is 1. The lowest BCUT2D eigenvalue weighted by Gasteiger charge is -2.23. The maximum Gasteiger partial charge on any atom is 0.313 e. The summed E-state index contributed by atoms with van der Waals surface area (Å²) in [5.41, 5.74) is -1.11. The molecule has 5 N–H and O–H groups in total. The van der Waals surface area contributed by atoms with Gasteiger partial charge >= 0.3 is 5.97 Å². The molecule has 0 amide bonds. The van der Waals surface area contributed by atoms with Crippen LogP contribution in [0.25, 0.3) is 0 Å². The number of hydrogen-bond donors (Lipinski definition) is 6. The average Bonchev–Trinajstić information content (AvgIpc) is 2.23. The van der Waals surface area contributed by atoms with Crippen molar-refractivity contribution in [3.63, 3.8) is 0 Å². The minimum atomic E-state index is -1.11. The number of carbonyl (C=O) groups is 1. The topological polar surface area (TPSA) is 118 Å². The Kier molecular flexibility index (Phi) is 10.6. The molecule has 14 heavy (non-hydrogen) atoms. The fourth-order valence-electron chi connectivity index (χ4n) is 0.300. The maximum atomic E-state index is 9.29. The van der Waals surface area contributed by atoms with Gasteiger partial charge in [0.2, 0.25) is 0 Å². The van der Waals surface area contributed by atoms with Crippen LogP contribution in [0.5, 0.6) is 0 Å². The molecule has 0 unspecified atom stereocenters. The van der Waals surface area contributed by atoms with Crippen molar-refractivity contribution in [1.82, 2.24) is 0 Å². The Morgan fingerprint density at radius 2 is 1.21 bits per heavy atom. The first-order valence-corrected chi connectivity index (χ1v) is 4.41. The smallest absolute Gasteiger partial charge is 0.313 e. The van der Waals surface area contributed by atoms with Gasteiger partial charge in [-0.1, -0.05) is 0 Å². The van der Waals surface area contributed by atoms with E-state index in [4.69, 9.17) is 25.5 Å². The Morgan fingerprint density at radius 3 is 1.21 bits per heavy atom. The molecule has 0 radical (unpaired) electrons. The molecule has 0 aliphatic rings. The van der Waals surface area contributed by atoms with Crippen molar-refractivity contribution in [2.75, 3.05) is 32.2 Å². The van der Waals surface area contributed by atoms with E-state index >= 15 is 0 Å². The molecule has 7 heteroatoms. The van der Waals surface area contributed by atoms with Gasteiger partial charge in [0, 0.05) is 0 Å². The molecule has 0 fully saturated rings. The molecule has 0 rings (SSSR count). The number of rotatable bonds is 5. The second-order valence-corrected chi connectivity index (χ2v) is 3.00. The first-order valence-electron chi connectivity index (χ1n) is 3.78. The van der Waals surface area contributed by atoms with Gasteiger partial charge < -0.3 is 25.5 Å². The number of hydrogen-bond acceptors (Lipinski definition) is 6. The summed E-state index contributed by atoms with van der Waals surface area (Å²) < 4.78 is 0. The summed E-state index contributed by atoms with van der Waals surface area (Å²) in [6.45, 7) is -1.62.